The summed E-state index contributed by atoms with van der Waals surface area (Å²) in [5, 5.41) is 6.35. The fourth-order valence-corrected chi connectivity index (χ4v) is 9.50. The van der Waals surface area contributed by atoms with Crippen molar-refractivity contribution in [2.24, 2.45) is 0 Å². The Morgan fingerprint density at radius 3 is 1.53 bits per heavy atom. The van der Waals surface area contributed by atoms with Crippen molar-refractivity contribution in [3.63, 3.8) is 0 Å². The van der Waals surface area contributed by atoms with Gasteiger partial charge in [0, 0.05) is 52.9 Å². The van der Waals surface area contributed by atoms with Crippen LogP contribution in [0.4, 0.5) is 0 Å². The molecular weight excluding hydrogens is 916 g/mol. The zero-order chi connectivity index (χ0) is 40.7. The predicted molar refractivity (Wildman–Crippen MR) is 245 cm³/mol. The summed E-state index contributed by atoms with van der Waals surface area (Å²) in [6, 6.07) is 42.6. The monoisotopic (exact) mass is 963 g/mol. The van der Waals surface area contributed by atoms with Crippen molar-refractivity contribution in [1.29, 1.82) is 0 Å². The Balaban J connectivity index is 0.00000462. The summed E-state index contributed by atoms with van der Waals surface area (Å²) in [5.74, 6) is 2.71. The molecule has 5 nitrogen and oxygen atoms in total. The maximum Gasteiger partial charge on any atom is 2.00 e. The van der Waals surface area contributed by atoms with E-state index in [1.165, 1.54) is 49.9 Å². The fourth-order valence-electron chi connectivity index (χ4n) is 9.50. The number of imidazole rings is 2. The molecule has 0 amide bonds. The van der Waals surface area contributed by atoms with Crippen LogP contribution < -0.4 is 4.74 Å². The number of ether oxygens (including phenoxy) is 1. The Morgan fingerprint density at radius 2 is 0.950 bits per heavy atom. The van der Waals surface area contributed by atoms with Gasteiger partial charge in [0.05, 0.1) is 11.3 Å². The van der Waals surface area contributed by atoms with Gasteiger partial charge in [-0.3, -0.25) is 9.97 Å². The van der Waals surface area contributed by atoms with Gasteiger partial charge in [0.2, 0.25) is 0 Å². The van der Waals surface area contributed by atoms with E-state index in [0.717, 1.165) is 49.3 Å². The van der Waals surface area contributed by atoms with E-state index in [1.54, 1.807) is 0 Å². The number of aromatic nitrogens is 4. The minimum atomic E-state index is 0. The van der Waals surface area contributed by atoms with Gasteiger partial charge >= 0.3 is 21.1 Å². The zero-order valence-corrected chi connectivity index (χ0v) is 37.6. The van der Waals surface area contributed by atoms with Crippen LogP contribution in [0.5, 0.6) is 11.5 Å². The van der Waals surface area contributed by atoms with Gasteiger partial charge in [-0.2, -0.15) is 0 Å². The van der Waals surface area contributed by atoms with Crippen molar-refractivity contribution in [2.75, 3.05) is 0 Å². The molecule has 0 radical (unpaired) electrons. The number of rotatable bonds is 8. The Labute approximate surface area is 366 Å². The summed E-state index contributed by atoms with van der Waals surface area (Å²) in [6.45, 7) is 18.3. The molecule has 10 rings (SSSR count). The van der Waals surface area contributed by atoms with Gasteiger partial charge in [-0.15, -0.1) is 12.1 Å². The molecule has 0 aliphatic rings. The second-order valence-electron chi connectivity index (χ2n) is 17.2. The molecule has 0 unspecified atom stereocenters. The molecule has 4 aromatic heterocycles. The van der Waals surface area contributed by atoms with E-state index in [0.29, 0.717) is 35.2 Å². The van der Waals surface area contributed by atoms with E-state index in [1.807, 2.05) is 30.7 Å². The van der Waals surface area contributed by atoms with Crippen LogP contribution in [0.2, 0.25) is 0 Å². The normalized spacial score (nSPS) is 12.1. The standard InChI is InChI=1S/C54H48N4O.Pt/c1-31(2)37-13-9-14-38(32(3)4)49(37)44-18-12-20-48-51(44)42-24-22-36(30-47(42)53-55-25-27-57(48)53)59-35-21-23-41-43-17-11-19-45(52(43)58-28-26-56-54(58)46(41)29-35)50-39(33(5)6)15-10-16-40(50)34(7)8;/h9-28,31-34H,1-8H3;/q-2;+2. The molecule has 10 aromatic rings. The van der Waals surface area contributed by atoms with Crippen LogP contribution in [-0.2, 0) is 21.1 Å². The average Bonchev–Trinajstić information content (AvgIpc) is 3.94. The first-order chi connectivity index (χ1) is 28.6. The molecule has 0 saturated carbocycles. The smallest absolute Gasteiger partial charge is 0.497 e. The second kappa shape index (κ2) is 15.4. The molecule has 300 valence electrons. The molecule has 60 heavy (non-hydrogen) atoms. The van der Waals surface area contributed by atoms with Crippen molar-refractivity contribution in [3.8, 4) is 33.8 Å². The molecular formula is C54H48N4OPt. The largest absolute Gasteiger partial charge is 2.00 e. The number of fused-ring (bicyclic) bond motifs is 12. The number of hydrogen-bond donors (Lipinski definition) is 0. The van der Waals surface area contributed by atoms with Gasteiger partial charge in [-0.05, 0) is 79.5 Å². The van der Waals surface area contributed by atoms with Crippen molar-refractivity contribution in [2.45, 2.75) is 79.1 Å². The summed E-state index contributed by atoms with van der Waals surface area (Å²) in [5.41, 5.74) is 14.5. The molecule has 4 heterocycles. The molecule has 0 fully saturated rings. The number of pyridine rings is 2. The molecule has 0 N–H and O–H groups in total. The number of para-hydroxylation sites is 1. The molecule has 6 aromatic carbocycles. The first-order valence-corrected chi connectivity index (χ1v) is 21.0. The molecule has 0 saturated heterocycles. The number of hydrogen-bond acceptors (Lipinski definition) is 3. The van der Waals surface area contributed by atoms with Gasteiger partial charge in [-0.25, -0.2) is 0 Å². The van der Waals surface area contributed by atoms with Crippen molar-refractivity contribution in [3.05, 3.63) is 156 Å². The molecule has 0 spiro atoms. The molecule has 0 aliphatic heterocycles. The number of nitrogens with zero attached hydrogens (tertiary/aromatic N) is 4. The van der Waals surface area contributed by atoms with Crippen molar-refractivity contribution < 1.29 is 25.8 Å². The number of benzene rings is 6. The average molecular weight is 964 g/mol. The van der Waals surface area contributed by atoms with E-state index >= 15 is 0 Å². The third-order valence-electron chi connectivity index (χ3n) is 12.2. The first kappa shape index (κ1) is 39.7. The maximum atomic E-state index is 6.68. The van der Waals surface area contributed by atoms with Crippen LogP contribution in [0.15, 0.2) is 122 Å². The van der Waals surface area contributed by atoms with E-state index in [9.17, 15) is 0 Å². The summed E-state index contributed by atoms with van der Waals surface area (Å²) in [6.07, 6.45) is 7.88. The first-order valence-electron chi connectivity index (χ1n) is 21.0. The Bertz CT molecular complexity index is 3220. The fraction of sp³-hybridized carbons (Fsp3) is 0.222. The molecule has 0 bridgehead atoms. The second-order valence-corrected chi connectivity index (χ2v) is 17.2. The predicted octanol–water partition coefficient (Wildman–Crippen LogP) is 14.8. The Hall–Kier alpha value is -5.77. The van der Waals surface area contributed by atoms with E-state index in [4.69, 9.17) is 14.7 Å². The van der Waals surface area contributed by atoms with E-state index in [2.05, 4.69) is 167 Å². The zero-order valence-electron chi connectivity index (χ0n) is 35.4. The minimum Gasteiger partial charge on any atom is -0.497 e. The van der Waals surface area contributed by atoms with Gasteiger partial charge in [0.1, 0.15) is 0 Å². The van der Waals surface area contributed by atoms with Crippen LogP contribution in [0.1, 0.15) is 101 Å². The van der Waals surface area contributed by atoms with Crippen LogP contribution in [-0.4, -0.2) is 18.8 Å². The Morgan fingerprint density at radius 1 is 0.483 bits per heavy atom. The van der Waals surface area contributed by atoms with Crippen molar-refractivity contribution in [1.82, 2.24) is 18.8 Å². The van der Waals surface area contributed by atoms with Gasteiger partial charge in [0.25, 0.3) is 0 Å². The SMILES string of the molecule is CC(C)c1cccc(C(C)C)c1-c1cccc2c1c1ccc(Oc3[c-]c4c(cc3)c3cccc(-c5c(C(C)C)cccc5C(C)C)c3n3ccnc43)[c-]c1c1nccn21.[Pt+2]. The van der Waals surface area contributed by atoms with Gasteiger partial charge in [0.15, 0.2) is 0 Å². The summed E-state index contributed by atoms with van der Waals surface area (Å²) in [7, 11) is 0. The van der Waals surface area contributed by atoms with Gasteiger partial charge in [-0.1, -0.05) is 168 Å². The molecule has 0 atom stereocenters. The molecule has 6 heteroatoms. The quantitative estimate of drug-likeness (QED) is 0.113. The minimum absolute atomic E-state index is 0. The third-order valence-corrected chi connectivity index (χ3v) is 12.2. The summed E-state index contributed by atoms with van der Waals surface area (Å²) >= 11 is 0. The van der Waals surface area contributed by atoms with Gasteiger partial charge < -0.3 is 13.5 Å². The third kappa shape index (κ3) is 6.24. The Kier molecular flexibility index (Phi) is 10.2. The van der Waals surface area contributed by atoms with Crippen LogP contribution >= 0.6 is 0 Å². The summed E-state index contributed by atoms with van der Waals surface area (Å²) in [4.78, 5) is 9.77. The maximum absolute atomic E-state index is 6.68. The van der Waals surface area contributed by atoms with E-state index < -0.39 is 0 Å². The van der Waals surface area contributed by atoms with Crippen LogP contribution in [0, 0.1) is 12.1 Å². The molecule has 0 aliphatic carbocycles. The van der Waals surface area contributed by atoms with Crippen LogP contribution in [0.3, 0.4) is 0 Å². The van der Waals surface area contributed by atoms with Crippen molar-refractivity contribution >= 4 is 54.6 Å². The van der Waals surface area contributed by atoms with Crippen LogP contribution in [0.25, 0.3) is 76.9 Å². The summed E-state index contributed by atoms with van der Waals surface area (Å²) < 4.78 is 11.1. The topological polar surface area (TPSA) is 43.8 Å². The van der Waals surface area contributed by atoms with E-state index in [-0.39, 0.29) is 21.1 Å².